The van der Waals surface area contributed by atoms with E-state index in [-0.39, 0.29) is 0 Å². The maximum Gasteiger partial charge on any atom is 0.240 e. The molecule has 2 aromatic rings. The van der Waals surface area contributed by atoms with Gasteiger partial charge in [0, 0.05) is 6.54 Å². The minimum atomic E-state index is -3.42. The van der Waals surface area contributed by atoms with Crippen LogP contribution >= 0.6 is 0 Å². The van der Waals surface area contributed by atoms with E-state index < -0.39 is 10.0 Å². The van der Waals surface area contributed by atoms with Gasteiger partial charge in [0.1, 0.15) is 0 Å². The van der Waals surface area contributed by atoms with E-state index in [9.17, 15) is 8.42 Å². The van der Waals surface area contributed by atoms with E-state index in [0.29, 0.717) is 17.4 Å². The molecule has 0 spiro atoms. The SMILES string of the molecule is O=S(=O)(NCC1CCNC1)c1ccc2ccccc2c1. The molecule has 4 nitrogen and oxygen atoms in total. The van der Waals surface area contributed by atoms with Crippen molar-refractivity contribution in [3.63, 3.8) is 0 Å². The van der Waals surface area contributed by atoms with E-state index in [1.165, 1.54) is 0 Å². The van der Waals surface area contributed by atoms with Gasteiger partial charge in [-0.3, -0.25) is 0 Å². The molecule has 0 bridgehead atoms. The molecule has 0 radical (unpaired) electrons. The first-order chi connectivity index (χ1) is 9.65. The molecule has 0 saturated carbocycles. The fourth-order valence-electron chi connectivity index (χ4n) is 2.53. The topological polar surface area (TPSA) is 58.2 Å². The number of hydrogen-bond acceptors (Lipinski definition) is 3. The Kier molecular flexibility index (Phi) is 3.74. The molecule has 0 aromatic heterocycles. The predicted octanol–water partition coefficient (Wildman–Crippen LogP) is 1.73. The number of hydrogen-bond donors (Lipinski definition) is 2. The summed E-state index contributed by atoms with van der Waals surface area (Å²) in [5, 5.41) is 5.23. The average molecular weight is 290 g/mol. The van der Waals surface area contributed by atoms with Crippen LogP contribution in [0.4, 0.5) is 0 Å². The highest BCUT2D eigenvalue weighted by molar-refractivity contribution is 7.89. The molecule has 1 atom stereocenters. The maximum absolute atomic E-state index is 12.3. The van der Waals surface area contributed by atoms with Gasteiger partial charge in [0.25, 0.3) is 0 Å². The molecule has 2 N–H and O–H groups in total. The van der Waals surface area contributed by atoms with Crippen LogP contribution in [0.1, 0.15) is 6.42 Å². The first kappa shape index (κ1) is 13.5. The third-order valence-corrected chi connectivity index (χ3v) is 5.18. The summed E-state index contributed by atoms with van der Waals surface area (Å²) >= 11 is 0. The first-order valence-electron chi connectivity index (χ1n) is 6.84. The van der Waals surface area contributed by atoms with E-state index >= 15 is 0 Å². The van der Waals surface area contributed by atoms with Crippen molar-refractivity contribution in [2.45, 2.75) is 11.3 Å². The van der Waals surface area contributed by atoms with Gasteiger partial charge in [-0.15, -0.1) is 0 Å². The summed E-state index contributed by atoms with van der Waals surface area (Å²) in [6.45, 7) is 2.37. The molecule has 3 rings (SSSR count). The Morgan fingerprint density at radius 2 is 1.95 bits per heavy atom. The number of rotatable bonds is 4. The molecular formula is C15H18N2O2S. The van der Waals surface area contributed by atoms with Crippen LogP contribution < -0.4 is 10.0 Å². The Hall–Kier alpha value is -1.43. The van der Waals surface area contributed by atoms with E-state index in [1.54, 1.807) is 12.1 Å². The fraction of sp³-hybridized carbons (Fsp3) is 0.333. The lowest BCUT2D eigenvalue weighted by Crippen LogP contribution is -2.30. The Morgan fingerprint density at radius 3 is 2.70 bits per heavy atom. The highest BCUT2D eigenvalue weighted by atomic mass is 32.2. The molecular weight excluding hydrogens is 272 g/mol. The normalized spacial score (nSPS) is 19.5. The van der Waals surface area contributed by atoms with Crippen LogP contribution in [0.5, 0.6) is 0 Å². The van der Waals surface area contributed by atoms with Crippen LogP contribution in [0.2, 0.25) is 0 Å². The van der Waals surface area contributed by atoms with Gasteiger partial charge in [0.15, 0.2) is 0 Å². The predicted molar refractivity (Wildman–Crippen MR) is 80.1 cm³/mol. The standard InChI is InChI=1S/C15H18N2O2S/c18-20(19,17-11-12-7-8-16-10-12)15-6-5-13-3-1-2-4-14(13)9-15/h1-6,9,12,16-17H,7-8,10-11H2. The molecule has 1 aliphatic rings. The smallest absolute Gasteiger partial charge is 0.240 e. The summed E-state index contributed by atoms with van der Waals surface area (Å²) in [5.74, 6) is 0.394. The average Bonchev–Trinajstić information content (AvgIpc) is 2.98. The number of benzene rings is 2. The molecule has 1 fully saturated rings. The van der Waals surface area contributed by atoms with Crippen molar-refractivity contribution in [1.29, 1.82) is 0 Å². The van der Waals surface area contributed by atoms with Crippen LogP contribution in [-0.4, -0.2) is 28.1 Å². The minimum Gasteiger partial charge on any atom is -0.316 e. The van der Waals surface area contributed by atoms with Crippen LogP contribution in [-0.2, 0) is 10.0 Å². The second-order valence-electron chi connectivity index (χ2n) is 5.22. The van der Waals surface area contributed by atoms with Crippen molar-refractivity contribution in [3.8, 4) is 0 Å². The summed E-state index contributed by atoms with van der Waals surface area (Å²) in [6.07, 6.45) is 1.03. The fourth-order valence-corrected chi connectivity index (χ4v) is 3.69. The maximum atomic E-state index is 12.3. The lowest BCUT2D eigenvalue weighted by atomic mass is 10.1. The molecule has 1 heterocycles. The molecule has 5 heteroatoms. The second-order valence-corrected chi connectivity index (χ2v) is 6.99. The van der Waals surface area contributed by atoms with Crippen LogP contribution in [0.25, 0.3) is 10.8 Å². The number of sulfonamides is 1. The molecule has 2 aromatic carbocycles. The first-order valence-corrected chi connectivity index (χ1v) is 8.33. The van der Waals surface area contributed by atoms with Crippen molar-refractivity contribution < 1.29 is 8.42 Å². The van der Waals surface area contributed by atoms with Gasteiger partial charge >= 0.3 is 0 Å². The third-order valence-electron chi connectivity index (χ3n) is 3.76. The summed E-state index contributed by atoms with van der Waals surface area (Å²) < 4.78 is 27.3. The molecule has 1 saturated heterocycles. The van der Waals surface area contributed by atoms with E-state index in [4.69, 9.17) is 0 Å². The second kappa shape index (κ2) is 5.52. The molecule has 1 aliphatic heterocycles. The minimum absolute atomic E-state index is 0.335. The van der Waals surface area contributed by atoms with Crippen molar-refractivity contribution in [2.24, 2.45) is 5.92 Å². The van der Waals surface area contributed by atoms with Crippen LogP contribution in [0.3, 0.4) is 0 Å². The van der Waals surface area contributed by atoms with Gasteiger partial charge in [0.2, 0.25) is 10.0 Å². The summed E-state index contributed by atoms with van der Waals surface area (Å²) in [5.41, 5.74) is 0. The summed E-state index contributed by atoms with van der Waals surface area (Å²) in [4.78, 5) is 0.335. The van der Waals surface area contributed by atoms with Gasteiger partial charge in [-0.1, -0.05) is 30.3 Å². The van der Waals surface area contributed by atoms with E-state index in [2.05, 4.69) is 10.0 Å². The number of nitrogens with one attached hydrogen (secondary N) is 2. The third kappa shape index (κ3) is 2.85. The van der Waals surface area contributed by atoms with E-state index in [1.807, 2.05) is 30.3 Å². The van der Waals surface area contributed by atoms with Crippen LogP contribution in [0.15, 0.2) is 47.4 Å². The molecule has 20 heavy (non-hydrogen) atoms. The molecule has 0 amide bonds. The van der Waals surface area contributed by atoms with Crippen molar-refractivity contribution >= 4 is 20.8 Å². The van der Waals surface area contributed by atoms with Crippen molar-refractivity contribution in [2.75, 3.05) is 19.6 Å². The lowest BCUT2D eigenvalue weighted by molar-refractivity contribution is 0.539. The zero-order valence-electron chi connectivity index (χ0n) is 11.2. The van der Waals surface area contributed by atoms with Crippen LogP contribution in [0, 0.1) is 5.92 Å². The Bertz CT molecular complexity index is 707. The van der Waals surface area contributed by atoms with Gasteiger partial charge in [-0.2, -0.15) is 0 Å². The number of fused-ring (bicyclic) bond motifs is 1. The largest absolute Gasteiger partial charge is 0.316 e. The van der Waals surface area contributed by atoms with Crippen molar-refractivity contribution in [1.82, 2.24) is 10.0 Å². The van der Waals surface area contributed by atoms with Crippen molar-refractivity contribution in [3.05, 3.63) is 42.5 Å². The van der Waals surface area contributed by atoms with Gasteiger partial charge in [-0.05, 0) is 48.3 Å². The van der Waals surface area contributed by atoms with Gasteiger partial charge in [0.05, 0.1) is 4.90 Å². The summed E-state index contributed by atoms with van der Waals surface area (Å²) in [7, 11) is -3.42. The quantitative estimate of drug-likeness (QED) is 0.901. The molecule has 0 aliphatic carbocycles. The zero-order chi connectivity index (χ0) is 14.0. The highest BCUT2D eigenvalue weighted by Crippen LogP contribution is 2.19. The molecule has 106 valence electrons. The zero-order valence-corrected chi connectivity index (χ0v) is 12.0. The highest BCUT2D eigenvalue weighted by Gasteiger charge is 2.19. The molecule has 1 unspecified atom stereocenters. The Balaban J connectivity index is 1.80. The Morgan fingerprint density at radius 1 is 1.15 bits per heavy atom. The Labute approximate surface area is 119 Å². The summed E-state index contributed by atoms with van der Waals surface area (Å²) in [6, 6.07) is 13.0. The van der Waals surface area contributed by atoms with Gasteiger partial charge in [-0.25, -0.2) is 13.1 Å². The monoisotopic (exact) mass is 290 g/mol. The lowest BCUT2D eigenvalue weighted by Gasteiger charge is -2.11. The van der Waals surface area contributed by atoms with Gasteiger partial charge < -0.3 is 5.32 Å². The van der Waals surface area contributed by atoms with E-state index in [0.717, 1.165) is 30.3 Å².